The van der Waals surface area contributed by atoms with Gasteiger partial charge in [0.25, 0.3) is 5.91 Å². The van der Waals surface area contributed by atoms with Crippen molar-refractivity contribution in [3.05, 3.63) is 72.3 Å². The zero-order chi connectivity index (χ0) is 15.4. The van der Waals surface area contributed by atoms with E-state index in [0.717, 1.165) is 5.69 Å². The third kappa shape index (κ3) is 3.01. The van der Waals surface area contributed by atoms with E-state index >= 15 is 0 Å². The molecule has 0 saturated heterocycles. The van der Waals surface area contributed by atoms with Crippen molar-refractivity contribution in [1.82, 2.24) is 15.3 Å². The lowest BCUT2D eigenvalue weighted by molar-refractivity contribution is 0.0946. The van der Waals surface area contributed by atoms with E-state index in [2.05, 4.69) is 15.3 Å². The summed E-state index contributed by atoms with van der Waals surface area (Å²) in [6.07, 6.45) is 2.84. The first-order valence-corrected chi connectivity index (χ1v) is 6.61. The van der Waals surface area contributed by atoms with E-state index in [0.29, 0.717) is 11.3 Å². The summed E-state index contributed by atoms with van der Waals surface area (Å²) in [7, 11) is 0. The Bertz CT molecular complexity index is 770. The number of benzene rings is 1. The Hall–Kier alpha value is -3.02. The Morgan fingerprint density at radius 2 is 1.95 bits per heavy atom. The number of halogens is 1. The highest BCUT2D eigenvalue weighted by Gasteiger charge is 2.18. The van der Waals surface area contributed by atoms with Crippen molar-refractivity contribution in [3.63, 3.8) is 0 Å². The number of aromatic nitrogens is 2. The van der Waals surface area contributed by atoms with E-state index in [1.165, 1.54) is 30.7 Å². The van der Waals surface area contributed by atoms with Crippen LogP contribution < -0.4 is 5.32 Å². The second kappa shape index (κ2) is 6.17. The van der Waals surface area contributed by atoms with Gasteiger partial charge in [-0.2, -0.15) is 0 Å². The first-order valence-electron chi connectivity index (χ1n) is 6.61. The van der Waals surface area contributed by atoms with Gasteiger partial charge in [0, 0.05) is 11.8 Å². The SMILES string of the molecule is O=C(NCc1ccccn1)c1ncoc1-c1ccc(F)cc1. The molecule has 1 N–H and O–H groups in total. The molecule has 6 heteroatoms. The number of oxazole rings is 1. The van der Waals surface area contributed by atoms with Crippen LogP contribution in [0.2, 0.25) is 0 Å². The summed E-state index contributed by atoms with van der Waals surface area (Å²) in [5.74, 6) is -0.429. The van der Waals surface area contributed by atoms with Gasteiger partial charge in [-0.3, -0.25) is 9.78 Å². The molecule has 0 unspecified atom stereocenters. The van der Waals surface area contributed by atoms with E-state index < -0.39 is 0 Å². The van der Waals surface area contributed by atoms with E-state index in [1.54, 1.807) is 12.3 Å². The van der Waals surface area contributed by atoms with Crippen LogP contribution in [0, 0.1) is 5.82 Å². The van der Waals surface area contributed by atoms with Gasteiger partial charge >= 0.3 is 0 Å². The molecule has 2 heterocycles. The molecule has 5 nitrogen and oxygen atoms in total. The molecule has 0 spiro atoms. The zero-order valence-electron chi connectivity index (χ0n) is 11.5. The van der Waals surface area contributed by atoms with Crippen LogP contribution in [-0.2, 0) is 6.54 Å². The number of pyridine rings is 1. The molecule has 2 aromatic heterocycles. The number of carbonyl (C=O) groups is 1. The molecule has 3 aromatic rings. The Labute approximate surface area is 125 Å². The van der Waals surface area contributed by atoms with Crippen molar-refractivity contribution in [1.29, 1.82) is 0 Å². The molecule has 0 aliphatic carbocycles. The minimum atomic E-state index is -0.376. The van der Waals surface area contributed by atoms with Crippen molar-refractivity contribution >= 4 is 5.91 Å². The van der Waals surface area contributed by atoms with Gasteiger partial charge in [-0.05, 0) is 36.4 Å². The highest BCUT2D eigenvalue weighted by Crippen LogP contribution is 2.23. The first kappa shape index (κ1) is 13.9. The maximum atomic E-state index is 13.0. The van der Waals surface area contributed by atoms with Crippen LogP contribution in [0.1, 0.15) is 16.2 Å². The van der Waals surface area contributed by atoms with Gasteiger partial charge in [0.15, 0.2) is 17.8 Å². The number of nitrogens with zero attached hydrogens (tertiary/aromatic N) is 2. The van der Waals surface area contributed by atoms with E-state index in [4.69, 9.17) is 4.42 Å². The van der Waals surface area contributed by atoms with Gasteiger partial charge in [0.1, 0.15) is 5.82 Å². The Morgan fingerprint density at radius 3 is 2.68 bits per heavy atom. The van der Waals surface area contributed by atoms with Crippen molar-refractivity contribution in [2.45, 2.75) is 6.54 Å². The molecule has 0 aliphatic rings. The van der Waals surface area contributed by atoms with Crippen molar-refractivity contribution in [2.75, 3.05) is 0 Å². The van der Waals surface area contributed by atoms with Gasteiger partial charge in [0.2, 0.25) is 0 Å². The lowest BCUT2D eigenvalue weighted by atomic mass is 10.1. The van der Waals surface area contributed by atoms with Crippen LogP contribution in [0.5, 0.6) is 0 Å². The van der Waals surface area contributed by atoms with E-state index in [1.807, 2.05) is 12.1 Å². The van der Waals surface area contributed by atoms with Gasteiger partial charge in [-0.15, -0.1) is 0 Å². The largest absolute Gasteiger partial charge is 0.443 e. The predicted octanol–water partition coefficient (Wildman–Crippen LogP) is 2.81. The maximum Gasteiger partial charge on any atom is 0.274 e. The minimum absolute atomic E-state index is 0.155. The van der Waals surface area contributed by atoms with Crippen LogP contribution in [0.15, 0.2) is 59.5 Å². The molecular formula is C16H12FN3O2. The molecular weight excluding hydrogens is 285 g/mol. The lowest BCUT2D eigenvalue weighted by Gasteiger charge is -2.04. The summed E-state index contributed by atoms with van der Waals surface area (Å²) in [5.41, 5.74) is 1.48. The van der Waals surface area contributed by atoms with E-state index in [-0.39, 0.29) is 24.0 Å². The predicted molar refractivity (Wildman–Crippen MR) is 77.3 cm³/mol. The average molecular weight is 297 g/mol. The van der Waals surface area contributed by atoms with Gasteiger partial charge in [-0.1, -0.05) is 6.07 Å². The monoisotopic (exact) mass is 297 g/mol. The smallest absolute Gasteiger partial charge is 0.274 e. The van der Waals surface area contributed by atoms with Crippen molar-refractivity contribution < 1.29 is 13.6 Å². The summed E-state index contributed by atoms with van der Waals surface area (Å²) in [6.45, 7) is 0.287. The second-order valence-corrected chi connectivity index (χ2v) is 4.54. The molecule has 3 rings (SSSR count). The van der Waals surface area contributed by atoms with Crippen LogP contribution in [0.3, 0.4) is 0 Å². The zero-order valence-corrected chi connectivity index (χ0v) is 11.5. The van der Waals surface area contributed by atoms with Crippen LogP contribution in [0.4, 0.5) is 4.39 Å². The number of nitrogens with one attached hydrogen (secondary N) is 1. The number of carbonyl (C=O) groups excluding carboxylic acids is 1. The molecule has 0 fully saturated rings. The standard InChI is InChI=1S/C16H12FN3O2/c17-12-6-4-11(5-7-12)15-14(20-10-22-15)16(21)19-9-13-3-1-2-8-18-13/h1-8,10H,9H2,(H,19,21). The lowest BCUT2D eigenvalue weighted by Crippen LogP contribution is -2.24. The fraction of sp³-hybridized carbons (Fsp3) is 0.0625. The number of rotatable bonds is 4. The molecule has 0 atom stereocenters. The Morgan fingerprint density at radius 1 is 1.14 bits per heavy atom. The Balaban J connectivity index is 1.76. The van der Waals surface area contributed by atoms with Crippen molar-refractivity contribution in [3.8, 4) is 11.3 Å². The van der Waals surface area contributed by atoms with Crippen LogP contribution >= 0.6 is 0 Å². The number of amides is 1. The molecule has 22 heavy (non-hydrogen) atoms. The Kier molecular flexibility index (Phi) is 3.91. The minimum Gasteiger partial charge on any atom is -0.443 e. The fourth-order valence-electron chi connectivity index (χ4n) is 1.97. The highest BCUT2D eigenvalue weighted by molar-refractivity contribution is 5.97. The van der Waals surface area contributed by atoms with Crippen molar-refractivity contribution in [2.24, 2.45) is 0 Å². The summed E-state index contributed by atoms with van der Waals surface area (Å²) >= 11 is 0. The van der Waals surface area contributed by atoms with Gasteiger partial charge in [0.05, 0.1) is 12.2 Å². The molecule has 110 valence electrons. The molecule has 1 amide bonds. The summed E-state index contributed by atoms with van der Waals surface area (Å²) in [6, 6.07) is 11.1. The molecule has 0 radical (unpaired) electrons. The van der Waals surface area contributed by atoms with Gasteiger partial charge in [-0.25, -0.2) is 9.37 Å². The molecule has 0 aliphatic heterocycles. The normalized spacial score (nSPS) is 10.4. The van der Waals surface area contributed by atoms with Crippen LogP contribution in [0.25, 0.3) is 11.3 Å². The topological polar surface area (TPSA) is 68.0 Å². The third-order valence-corrected chi connectivity index (χ3v) is 3.05. The molecule has 1 aromatic carbocycles. The third-order valence-electron chi connectivity index (χ3n) is 3.05. The highest BCUT2D eigenvalue weighted by atomic mass is 19.1. The van der Waals surface area contributed by atoms with E-state index in [9.17, 15) is 9.18 Å². The van der Waals surface area contributed by atoms with Gasteiger partial charge < -0.3 is 9.73 Å². The molecule has 0 saturated carbocycles. The van der Waals surface area contributed by atoms with Crippen LogP contribution in [-0.4, -0.2) is 15.9 Å². The quantitative estimate of drug-likeness (QED) is 0.804. The second-order valence-electron chi connectivity index (χ2n) is 4.54. The molecule has 0 bridgehead atoms. The summed E-state index contributed by atoms with van der Waals surface area (Å²) < 4.78 is 18.2. The summed E-state index contributed by atoms with van der Waals surface area (Å²) in [5, 5.41) is 2.72. The maximum absolute atomic E-state index is 13.0. The average Bonchev–Trinajstić information content (AvgIpc) is 3.04. The number of hydrogen-bond donors (Lipinski definition) is 1. The fourth-order valence-corrected chi connectivity index (χ4v) is 1.97. The summed E-state index contributed by atoms with van der Waals surface area (Å²) in [4.78, 5) is 20.3. The number of hydrogen-bond acceptors (Lipinski definition) is 4. The first-order chi connectivity index (χ1) is 10.7.